The van der Waals surface area contributed by atoms with Crippen LogP contribution in [0.5, 0.6) is 11.5 Å². The van der Waals surface area contributed by atoms with E-state index in [2.05, 4.69) is 31.6 Å². The van der Waals surface area contributed by atoms with Crippen LogP contribution in [0.25, 0.3) is 0 Å². The van der Waals surface area contributed by atoms with E-state index < -0.39 is 0 Å². The minimum atomic E-state index is -0.193. The maximum absolute atomic E-state index is 7.42. The lowest BCUT2D eigenvalue weighted by atomic mass is 10.2. The predicted molar refractivity (Wildman–Crippen MR) is 103 cm³/mol. The summed E-state index contributed by atoms with van der Waals surface area (Å²) < 4.78 is 11.6. The number of nitrogens with one attached hydrogen (secondary N) is 3. The van der Waals surface area contributed by atoms with Crippen molar-refractivity contribution in [3.8, 4) is 11.5 Å². The number of ether oxygens (including phenoxy) is 2. The van der Waals surface area contributed by atoms with Crippen molar-refractivity contribution in [2.45, 2.75) is 6.54 Å². The highest BCUT2D eigenvalue weighted by Crippen LogP contribution is 2.32. The van der Waals surface area contributed by atoms with Crippen LogP contribution in [-0.4, -0.2) is 18.7 Å². The summed E-state index contributed by atoms with van der Waals surface area (Å²) in [7, 11) is 0. The Balaban J connectivity index is 0.00000225. The highest BCUT2D eigenvalue weighted by atomic mass is 79.9. The number of benzene rings is 2. The molecule has 9 heteroatoms. The zero-order valence-electron chi connectivity index (χ0n) is 13.1. The molecule has 2 aromatic carbocycles. The molecular formula is C16H17BrClN5O2. The summed E-state index contributed by atoms with van der Waals surface area (Å²) in [6.07, 6.45) is 0. The van der Waals surface area contributed by atoms with Gasteiger partial charge in [0.1, 0.15) is 0 Å². The Morgan fingerprint density at radius 3 is 2.76 bits per heavy atom. The maximum atomic E-state index is 7.42. The molecule has 2 aromatic rings. The molecule has 0 saturated carbocycles. The van der Waals surface area contributed by atoms with Gasteiger partial charge in [0.15, 0.2) is 17.5 Å². The lowest BCUT2D eigenvalue weighted by molar-refractivity contribution is 0.174. The molecule has 132 valence electrons. The van der Waals surface area contributed by atoms with Gasteiger partial charge in [-0.25, -0.2) is 4.99 Å². The first-order chi connectivity index (χ1) is 11.6. The first-order valence-corrected chi connectivity index (χ1v) is 7.97. The van der Waals surface area contributed by atoms with Gasteiger partial charge < -0.3 is 20.5 Å². The molecule has 0 saturated heterocycles. The van der Waals surface area contributed by atoms with Crippen LogP contribution in [0.4, 0.5) is 5.69 Å². The second-order valence-electron chi connectivity index (χ2n) is 5.02. The fourth-order valence-electron chi connectivity index (χ4n) is 2.15. The first-order valence-electron chi connectivity index (χ1n) is 7.18. The van der Waals surface area contributed by atoms with Crippen LogP contribution in [0.3, 0.4) is 0 Å². The molecule has 0 unspecified atom stereocenters. The van der Waals surface area contributed by atoms with Crippen LogP contribution in [0.2, 0.25) is 0 Å². The van der Waals surface area contributed by atoms with E-state index in [1.165, 1.54) is 0 Å². The Labute approximate surface area is 159 Å². The number of nitrogens with two attached hydrogens (primary N) is 1. The number of fused-ring (bicyclic) bond motifs is 1. The zero-order chi connectivity index (χ0) is 16.9. The van der Waals surface area contributed by atoms with Gasteiger partial charge in [0.25, 0.3) is 0 Å². The van der Waals surface area contributed by atoms with Gasteiger partial charge in [0.2, 0.25) is 12.8 Å². The molecule has 25 heavy (non-hydrogen) atoms. The third kappa shape index (κ3) is 5.27. The molecule has 1 heterocycles. The molecule has 0 aliphatic carbocycles. The summed E-state index contributed by atoms with van der Waals surface area (Å²) in [6.45, 7) is 0.734. The number of nitrogens with zero attached hydrogens (tertiary/aromatic N) is 1. The van der Waals surface area contributed by atoms with Gasteiger partial charge in [0, 0.05) is 11.0 Å². The quantitative estimate of drug-likeness (QED) is 0.446. The van der Waals surface area contributed by atoms with Crippen LogP contribution in [0.1, 0.15) is 5.56 Å². The van der Waals surface area contributed by atoms with Crippen molar-refractivity contribution in [3.05, 3.63) is 52.5 Å². The Hall–Kier alpha value is -2.45. The van der Waals surface area contributed by atoms with Crippen LogP contribution in [0.15, 0.2) is 51.9 Å². The molecule has 0 aromatic heterocycles. The highest BCUT2D eigenvalue weighted by Gasteiger charge is 2.13. The molecule has 5 N–H and O–H groups in total. The average Bonchev–Trinajstić information content (AvgIpc) is 3.00. The predicted octanol–water partition coefficient (Wildman–Crippen LogP) is 2.86. The van der Waals surface area contributed by atoms with E-state index in [4.69, 9.17) is 20.6 Å². The number of halogens is 2. The second kappa shape index (κ2) is 8.59. The van der Waals surface area contributed by atoms with Crippen LogP contribution >= 0.6 is 28.3 Å². The van der Waals surface area contributed by atoms with E-state index in [9.17, 15) is 0 Å². The van der Waals surface area contributed by atoms with Crippen LogP contribution in [-0.2, 0) is 6.54 Å². The molecule has 3 rings (SSSR count). The van der Waals surface area contributed by atoms with Crippen molar-refractivity contribution >= 4 is 45.9 Å². The molecular weight excluding hydrogens is 410 g/mol. The van der Waals surface area contributed by atoms with Crippen molar-refractivity contribution in [1.82, 2.24) is 10.6 Å². The van der Waals surface area contributed by atoms with Gasteiger partial charge >= 0.3 is 0 Å². The van der Waals surface area contributed by atoms with Crippen molar-refractivity contribution in [1.29, 1.82) is 5.41 Å². The van der Waals surface area contributed by atoms with Gasteiger partial charge in [-0.3, -0.25) is 10.7 Å². The SMILES string of the molecule is Cl.N=C(N)NC(=Nc1cccc(Br)c1)NCc1ccc2c(c1)OCO2. The molecule has 7 nitrogen and oxygen atoms in total. The Morgan fingerprint density at radius 1 is 1.20 bits per heavy atom. The number of rotatable bonds is 3. The van der Waals surface area contributed by atoms with Crippen molar-refractivity contribution < 1.29 is 9.47 Å². The van der Waals surface area contributed by atoms with Crippen molar-refractivity contribution in [2.24, 2.45) is 10.7 Å². The minimum absolute atomic E-state index is 0. The normalized spacial score (nSPS) is 12.3. The Morgan fingerprint density at radius 2 is 2.00 bits per heavy atom. The van der Waals surface area contributed by atoms with Gasteiger partial charge in [-0.05, 0) is 35.9 Å². The third-order valence-corrected chi connectivity index (χ3v) is 3.69. The maximum Gasteiger partial charge on any atom is 0.231 e. The molecule has 1 aliphatic heterocycles. The summed E-state index contributed by atoms with van der Waals surface area (Å²) in [5.74, 6) is 1.66. The molecule has 0 bridgehead atoms. The zero-order valence-corrected chi connectivity index (χ0v) is 15.5. The van der Waals surface area contributed by atoms with E-state index in [-0.39, 0.29) is 25.2 Å². The monoisotopic (exact) mass is 425 g/mol. The molecule has 0 fully saturated rings. The number of guanidine groups is 2. The molecule has 0 atom stereocenters. The van der Waals surface area contributed by atoms with Gasteiger partial charge in [-0.2, -0.15) is 0 Å². The number of aliphatic imine (C=N–C) groups is 1. The number of hydrogen-bond donors (Lipinski definition) is 4. The second-order valence-corrected chi connectivity index (χ2v) is 5.94. The van der Waals surface area contributed by atoms with E-state index in [1.807, 2.05) is 42.5 Å². The number of hydrogen-bond acceptors (Lipinski definition) is 4. The lowest BCUT2D eigenvalue weighted by Gasteiger charge is -2.11. The topological polar surface area (TPSA) is 105 Å². The summed E-state index contributed by atoms with van der Waals surface area (Å²) in [6, 6.07) is 13.2. The highest BCUT2D eigenvalue weighted by molar-refractivity contribution is 9.10. The molecule has 0 radical (unpaired) electrons. The van der Waals surface area contributed by atoms with Gasteiger partial charge in [0.05, 0.1) is 5.69 Å². The van der Waals surface area contributed by atoms with E-state index in [0.717, 1.165) is 27.2 Å². The molecule has 0 amide bonds. The Kier molecular flexibility index (Phi) is 6.49. The van der Waals surface area contributed by atoms with Gasteiger partial charge in [-0.15, -0.1) is 12.4 Å². The average molecular weight is 427 g/mol. The summed E-state index contributed by atoms with van der Waals surface area (Å²) >= 11 is 3.40. The summed E-state index contributed by atoms with van der Waals surface area (Å²) in [4.78, 5) is 4.43. The van der Waals surface area contributed by atoms with Crippen molar-refractivity contribution in [3.63, 3.8) is 0 Å². The molecule has 1 aliphatic rings. The third-order valence-electron chi connectivity index (χ3n) is 3.20. The van der Waals surface area contributed by atoms with E-state index in [0.29, 0.717) is 12.5 Å². The lowest BCUT2D eigenvalue weighted by Crippen LogP contribution is -2.43. The minimum Gasteiger partial charge on any atom is -0.454 e. The van der Waals surface area contributed by atoms with Crippen LogP contribution in [0, 0.1) is 5.41 Å². The smallest absolute Gasteiger partial charge is 0.231 e. The molecule has 0 spiro atoms. The fourth-order valence-corrected chi connectivity index (χ4v) is 2.54. The van der Waals surface area contributed by atoms with E-state index >= 15 is 0 Å². The largest absolute Gasteiger partial charge is 0.454 e. The Bertz CT molecular complexity index is 800. The standard InChI is InChI=1S/C16H16BrN5O2.ClH/c17-11-2-1-3-12(7-11)21-16(22-15(18)19)20-8-10-4-5-13-14(6-10)24-9-23-13;/h1-7H,8-9H2,(H5,18,19,20,21,22);1H. The van der Waals surface area contributed by atoms with Gasteiger partial charge in [-0.1, -0.05) is 28.1 Å². The van der Waals surface area contributed by atoms with Crippen molar-refractivity contribution in [2.75, 3.05) is 6.79 Å². The van der Waals surface area contributed by atoms with Crippen LogP contribution < -0.4 is 25.8 Å². The summed E-state index contributed by atoms with van der Waals surface area (Å²) in [5.41, 5.74) is 7.15. The fraction of sp³-hybridized carbons (Fsp3) is 0.125. The van der Waals surface area contributed by atoms with E-state index in [1.54, 1.807) is 0 Å². The summed E-state index contributed by atoms with van der Waals surface area (Å²) in [5, 5.41) is 13.2. The first kappa shape index (κ1) is 18.9.